The molecule has 0 bridgehead atoms. The summed E-state index contributed by atoms with van der Waals surface area (Å²) in [7, 11) is 0. The van der Waals surface area contributed by atoms with Gasteiger partial charge in [-0.2, -0.15) is 0 Å². The van der Waals surface area contributed by atoms with E-state index in [0.29, 0.717) is 5.82 Å². The van der Waals surface area contributed by atoms with Crippen LogP contribution in [-0.2, 0) is 10.8 Å². The standard InChI is InChI=1S/C72H44N2S/c1-2-19-45(20-3-1)66-44-67(74-70(73-66)49-37-39-54-52-25-5-4-23-50(52)51-24-6-7-26-53(51)56(54)43-49)48-22-18-21-46(41-48)47-38-40-59-57(42-47)55-27-8-9-28-58(55)71(59)60-29-10-12-31-62(60)72(63-32-13-11-30-61(63)71)64-33-14-16-35-68(64)75-69-36-17-15-34-65(69)72/h1-44H. The van der Waals surface area contributed by atoms with Gasteiger partial charge in [0.15, 0.2) is 5.82 Å². The summed E-state index contributed by atoms with van der Waals surface area (Å²) in [6, 6.07) is 99.0. The molecule has 348 valence electrons. The highest BCUT2D eigenvalue weighted by Crippen LogP contribution is 2.67. The second-order valence-electron chi connectivity index (χ2n) is 20.3. The van der Waals surface area contributed by atoms with Crippen LogP contribution in [0.15, 0.2) is 277 Å². The lowest BCUT2D eigenvalue weighted by Crippen LogP contribution is -2.45. The molecule has 3 heteroatoms. The van der Waals surface area contributed by atoms with E-state index in [4.69, 9.17) is 9.97 Å². The fourth-order valence-corrected chi connectivity index (χ4v) is 14.8. The zero-order valence-corrected chi connectivity index (χ0v) is 41.5. The van der Waals surface area contributed by atoms with E-state index in [1.807, 2.05) is 11.8 Å². The minimum absolute atomic E-state index is 0.506. The molecule has 0 radical (unpaired) electrons. The summed E-state index contributed by atoms with van der Waals surface area (Å²) >= 11 is 1.89. The SMILES string of the molecule is c1ccc(-c2cc(-c3cccc(-c4ccc5c(c4)-c4ccccc4C54c5ccccc5C5(c6ccccc6Sc6ccccc65)c5ccccc54)c3)nc(-c3ccc4c5ccccc5c5ccccc5c4c3)n2)cc1. The van der Waals surface area contributed by atoms with Gasteiger partial charge in [0.2, 0.25) is 0 Å². The van der Waals surface area contributed by atoms with Gasteiger partial charge in [0.05, 0.1) is 22.2 Å². The summed E-state index contributed by atoms with van der Waals surface area (Å²) in [5.74, 6) is 0.698. The second-order valence-corrected chi connectivity index (χ2v) is 21.3. The van der Waals surface area contributed by atoms with Gasteiger partial charge in [0.1, 0.15) is 0 Å². The van der Waals surface area contributed by atoms with E-state index in [1.54, 1.807) is 0 Å². The molecule has 1 aliphatic heterocycles. The van der Waals surface area contributed by atoms with Crippen molar-refractivity contribution in [1.29, 1.82) is 0 Å². The summed E-state index contributed by atoms with van der Waals surface area (Å²) < 4.78 is 0. The third-order valence-electron chi connectivity index (χ3n) is 16.6. The van der Waals surface area contributed by atoms with Crippen molar-refractivity contribution in [3.63, 3.8) is 0 Å². The van der Waals surface area contributed by atoms with Crippen molar-refractivity contribution in [1.82, 2.24) is 9.97 Å². The first-order valence-corrected chi connectivity index (χ1v) is 26.7. The minimum atomic E-state index is -0.549. The lowest BCUT2D eigenvalue weighted by molar-refractivity contribution is 0.605. The van der Waals surface area contributed by atoms with E-state index < -0.39 is 10.8 Å². The number of hydrogen-bond acceptors (Lipinski definition) is 3. The van der Waals surface area contributed by atoms with Crippen molar-refractivity contribution >= 4 is 44.1 Å². The lowest BCUT2D eigenvalue weighted by atomic mass is 9.51. The molecule has 0 atom stereocenters. The molecule has 13 aromatic rings. The Bertz CT molecular complexity index is 4400. The molecule has 3 aliphatic rings. The lowest BCUT2D eigenvalue weighted by Gasteiger charge is -2.51. The maximum Gasteiger partial charge on any atom is 0.160 e. The molecule has 0 saturated carbocycles. The van der Waals surface area contributed by atoms with Gasteiger partial charge in [0, 0.05) is 26.5 Å². The molecule has 75 heavy (non-hydrogen) atoms. The Labute approximate surface area is 439 Å². The van der Waals surface area contributed by atoms with Crippen molar-refractivity contribution in [3.05, 3.63) is 311 Å². The predicted molar refractivity (Wildman–Crippen MR) is 310 cm³/mol. The molecule has 2 aliphatic carbocycles. The number of fused-ring (bicyclic) bond motifs is 21. The Balaban J connectivity index is 0.865. The highest BCUT2D eigenvalue weighted by atomic mass is 32.2. The normalized spacial score (nSPS) is 14.0. The molecule has 0 N–H and O–H groups in total. The third-order valence-corrected chi connectivity index (χ3v) is 17.8. The average molecular weight is 969 g/mol. The molecule has 1 aromatic heterocycles. The van der Waals surface area contributed by atoms with Crippen LogP contribution in [0.3, 0.4) is 0 Å². The van der Waals surface area contributed by atoms with Crippen molar-refractivity contribution in [2.24, 2.45) is 0 Å². The number of benzene rings is 12. The second kappa shape index (κ2) is 16.2. The Morgan fingerprint density at radius 1 is 0.240 bits per heavy atom. The van der Waals surface area contributed by atoms with Gasteiger partial charge < -0.3 is 0 Å². The van der Waals surface area contributed by atoms with Gasteiger partial charge in [-0.05, 0) is 135 Å². The molecular weight excluding hydrogens is 925 g/mol. The highest BCUT2D eigenvalue weighted by Gasteiger charge is 2.58. The van der Waals surface area contributed by atoms with Crippen molar-refractivity contribution in [3.8, 4) is 56.2 Å². The fourth-order valence-electron chi connectivity index (χ4n) is 13.6. The van der Waals surface area contributed by atoms with Crippen LogP contribution in [0, 0.1) is 0 Å². The summed E-state index contributed by atoms with van der Waals surface area (Å²) in [6.07, 6.45) is 0. The van der Waals surface area contributed by atoms with Crippen LogP contribution in [0.25, 0.3) is 88.5 Å². The first-order chi connectivity index (χ1) is 37.2. The van der Waals surface area contributed by atoms with E-state index in [0.717, 1.165) is 39.2 Å². The summed E-state index contributed by atoms with van der Waals surface area (Å²) in [4.78, 5) is 13.3. The number of hydrogen-bond donors (Lipinski definition) is 0. The molecule has 0 unspecified atom stereocenters. The number of aromatic nitrogens is 2. The molecule has 12 aromatic carbocycles. The van der Waals surface area contributed by atoms with Crippen LogP contribution >= 0.6 is 11.8 Å². The highest BCUT2D eigenvalue weighted by molar-refractivity contribution is 7.99. The van der Waals surface area contributed by atoms with Crippen LogP contribution in [0.4, 0.5) is 0 Å². The molecule has 2 heterocycles. The Hall–Kier alpha value is -9.15. The van der Waals surface area contributed by atoms with Crippen LogP contribution < -0.4 is 0 Å². The number of nitrogens with zero attached hydrogens (tertiary/aromatic N) is 2. The van der Waals surface area contributed by atoms with E-state index in [-0.39, 0.29) is 0 Å². The predicted octanol–water partition coefficient (Wildman–Crippen LogP) is 18.1. The summed E-state index contributed by atoms with van der Waals surface area (Å²) in [6.45, 7) is 0. The van der Waals surface area contributed by atoms with Gasteiger partial charge in [-0.1, -0.05) is 242 Å². The van der Waals surface area contributed by atoms with Crippen LogP contribution in [-0.4, -0.2) is 9.97 Å². The van der Waals surface area contributed by atoms with Gasteiger partial charge in [0.25, 0.3) is 0 Å². The molecule has 2 nitrogen and oxygen atoms in total. The monoisotopic (exact) mass is 968 g/mol. The minimum Gasteiger partial charge on any atom is -0.228 e. The molecule has 0 saturated heterocycles. The van der Waals surface area contributed by atoms with Crippen molar-refractivity contribution < 1.29 is 0 Å². The van der Waals surface area contributed by atoms with Gasteiger partial charge in [-0.25, -0.2) is 9.97 Å². The van der Waals surface area contributed by atoms with E-state index in [2.05, 4.69) is 267 Å². The van der Waals surface area contributed by atoms with Gasteiger partial charge in [-0.3, -0.25) is 0 Å². The fraction of sp³-hybridized carbons (Fsp3) is 0.0278. The third kappa shape index (κ3) is 5.93. The van der Waals surface area contributed by atoms with Crippen molar-refractivity contribution in [2.75, 3.05) is 0 Å². The van der Waals surface area contributed by atoms with Gasteiger partial charge >= 0.3 is 0 Å². The average Bonchev–Trinajstić information content (AvgIpc) is 4.06. The molecule has 2 spiro atoms. The zero-order chi connectivity index (χ0) is 49.2. The largest absolute Gasteiger partial charge is 0.228 e. The molecule has 0 amide bonds. The van der Waals surface area contributed by atoms with Crippen LogP contribution in [0.5, 0.6) is 0 Å². The van der Waals surface area contributed by atoms with E-state index in [1.165, 1.54) is 97.7 Å². The Morgan fingerprint density at radius 2 is 0.667 bits per heavy atom. The molecule has 16 rings (SSSR count). The first-order valence-electron chi connectivity index (χ1n) is 25.9. The molecule has 0 fully saturated rings. The Kier molecular flexibility index (Phi) is 9.14. The Morgan fingerprint density at radius 3 is 1.29 bits per heavy atom. The zero-order valence-electron chi connectivity index (χ0n) is 40.7. The molecular formula is C72H44N2S. The topological polar surface area (TPSA) is 25.8 Å². The van der Waals surface area contributed by atoms with Crippen LogP contribution in [0.2, 0.25) is 0 Å². The number of rotatable bonds is 4. The quantitative estimate of drug-likeness (QED) is 0.164. The maximum atomic E-state index is 5.42. The van der Waals surface area contributed by atoms with E-state index in [9.17, 15) is 0 Å². The maximum absolute atomic E-state index is 5.42. The summed E-state index contributed by atoms with van der Waals surface area (Å²) in [5, 5.41) is 7.41. The van der Waals surface area contributed by atoms with E-state index >= 15 is 0 Å². The summed E-state index contributed by atoms with van der Waals surface area (Å²) in [5.41, 5.74) is 19.3. The van der Waals surface area contributed by atoms with Crippen LogP contribution in [0.1, 0.15) is 44.5 Å². The van der Waals surface area contributed by atoms with Crippen molar-refractivity contribution in [2.45, 2.75) is 20.6 Å². The van der Waals surface area contributed by atoms with Gasteiger partial charge in [-0.15, -0.1) is 0 Å². The first kappa shape index (κ1) is 42.4. The smallest absolute Gasteiger partial charge is 0.160 e.